The van der Waals surface area contributed by atoms with Gasteiger partial charge in [0.05, 0.1) is 21.4 Å². The summed E-state index contributed by atoms with van der Waals surface area (Å²) in [6, 6.07) is 7.38. The van der Waals surface area contributed by atoms with Gasteiger partial charge in [0.15, 0.2) is 0 Å². The van der Waals surface area contributed by atoms with E-state index in [4.69, 9.17) is 11.6 Å². The number of pyridine rings is 1. The van der Waals surface area contributed by atoms with Crippen molar-refractivity contribution in [2.45, 2.75) is 18.4 Å². The Bertz CT molecular complexity index is 807. The number of benzene rings is 1. The molecule has 1 aromatic carbocycles. The maximum Gasteiger partial charge on any atom is 0.293 e. The molecule has 22 heavy (non-hydrogen) atoms. The molecule has 0 amide bonds. The van der Waals surface area contributed by atoms with E-state index < -0.39 is 14.9 Å². The van der Waals surface area contributed by atoms with E-state index in [2.05, 4.69) is 9.71 Å². The van der Waals surface area contributed by atoms with Gasteiger partial charge in [-0.2, -0.15) is 0 Å². The number of aryl methyl sites for hydroxylation is 1. The minimum absolute atomic E-state index is 0.00918. The molecule has 0 bridgehead atoms. The van der Waals surface area contributed by atoms with Gasteiger partial charge in [-0.1, -0.05) is 29.3 Å². The number of halogens is 1. The average Bonchev–Trinajstić information content (AvgIpc) is 2.46. The zero-order valence-corrected chi connectivity index (χ0v) is 13.1. The zero-order chi connectivity index (χ0) is 16.3. The number of aromatic nitrogens is 1. The van der Waals surface area contributed by atoms with E-state index in [0.29, 0.717) is 0 Å². The molecule has 0 unspecified atom stereocenters. The molecule has 0 saturated carbocycles. The van der Waals surface area contributed by atoms with Gasteiger partial charge in [0.1, 0.15) is 5.69 Å². The van der Waals surface area contributed by atoms with Crippen molar-refractivity contribution in [1.82, 2.24) is 9.71 Å². The van der Waals surface area contributed by atoms with Crippen LogP contribution in [0.2, 0.25) is 5.02 Å². The Morgan fingerprint density at radius 3 is 2.55 bits per heavy atom. The first-order valence-corrected chi connectivity index (χ1v) is 8.01. The Balaban J connectivity index is 2.22. The summed E-state index contributed by atoms with van der Waals surface area (Å²) in [6.07, 6.45) is 1.23. The highest BCUT2D eigenvalue weighted by atomic mass is 35.5. The maximum absolute atomic E-state index is 12.1. The van der Waals surface area contributed by atoms with Crippen molar-refractivity contribution in [3.8, 4) is 0 Å². The van der Waals surface area contributed by atoms with Crippen LogP contribution in [0.5, 0.6) is 0 Å². The topological polar surface area (TPSA) is 102 Å². The first kappa shape index (κ1) is 16.3. The fraction of sp³-hybridized carbons (Fsp3) is 0.154. The summed E-state index contributed by atoms with van der Waals surface area (Å²) >= 11 is 5.66. The van der Waals surface area contributed by atoms with Crippen molar-refractivity contribution < 1.29 is 13.3 Å². The van der Waals surface area contributed by atoms with Crippen LogP contribution in [-0.4, -0.2) is 18.3 Å². The van der Waals surface area contributed by atoms with Gasteiger partial charge in [0.25, 0.3) is 5.69 Å². The Labute approximate surface area is 132 Å². The van der Waals surface area contributed by atoms with E-state index >= 15 is 0 Å². The lowest BCUT2D eigenvalue weighted by atomic mass is 10.2. The molecule has 7 nitrogen and oxygen atoms in total. The first-order valence-electron chi connectivity index (χ1n) is 6.15. The van der Waals surface area contributed by atoms with Crippen molar-refractivity contribution >= 4 is 27.3 Å². The van der Waals surface area contributed by atoms with Crippen LogP contribution >= 0.6 is 11.6 Å². The number of nitro groups is 1. The van der Waals surface area contributed by atoms with Gasteiger partial charge in [-0.25, -0.2) is 13.1 Å². The van der Waals surface area contributed by atoms with Gasteiger partial charge >= 0.3 is 0 Å². The largest absolute Gasteiger partial charge is 0.293 e. The number of nitrogens with one attached hydrogen (secondary N) is 1. The quantitative estimate of drug-likeness (QED) is 0.664. The van der Waals surface area contributed by atoms with Crippen LogP contribution in [-0.2, 0) is 16.6 Å². The predicted molar refractivity (Wildman–Crippen MR) is 81.1 cm³/mol. The molecule has 0 fully saturated rings. The molecule has 2 aromatic rings. The van der Waals surface area contributed by atoms with Crippen molar-refractivity contribution in [2.24, 2.45) is 0 Å². The molecule has 1 heterocycles. The summed E-state index contributed by atoms with van der Waals surface area (Å²) in [6.45, 7) is 1.54. The Kier molecular flexibility index (Phi) is 4.74. The minimum Gasteiger partial charge on any atom is -0.258 e. The van der Waals surface area contributed by atoms with Crippen LogP contribution in [0, 0.1) is 17.0 Å². The molecule has 0 saturated heterocycles. The third-order valence-corrected chi connectivity index (χ3v) is 4.50. The number of nitrogens with zero attached hydrogens (tertiary/aromatic N) is 2. The van der Waals surface area contributed by atoms with Crippen LogP contribution in [0.25, 0.3) is 0 Å². The molecular weight excluding hydrogens is 330 g/mol. The van der Waals surface area contributed by atoms with E-state index in [0.717, 1.165) is 11.6 Å². The normalized spacial score (nSPS) is 11.4. The van der Waals surface area contributed by atoms with Gasteiger partial charge in [-0.05, 0) is 19.1 Å². The molecule has 116 valence electrons. The van der Waals surface area contributed by atoms with Crippen LogP contribution in [0.3, 0.4) is 0 Å². The second kappa shape index (κ2) is 6.39. The summed E-state index contributed by atoms with van der Waals surface area (Å²) in [4.78, 5) is 14.2. The van der Waals surface area contributed by atoms with Gasteiger partial charge in [-0.3, -0.25) is 15.1 Å². The molecule has 0 atom stereocenters. The third-order valence-electron chi connectivity index (χ3n) is 2.87. The van der Waals surface area contributed by atoms with Gasteiger partial charge in [-0.15, -0.1) is 0 Å². The summed E-state index contributed by atoms with van der Waals surface area (Å²) in [7, 11) is -3.77. The highest BCUT2D eigenvalue weighted by Crippen LogP contribution is 2.21. The second-order valence-corrected chi connectivity index (χ2v) is 6.72. The highest BCUT2D eigenvalue weighted by Gasteiger charge is 2.19. The van der Waals surface area contributed by atoms with Crippen LogP contribution < -0.4 is 4.72 Å². The fourth-order valence-corrected chi connectivity index (χ4v) is 2.86. The molecule has 1 N–H and O–H groups in total. The molecule has 0 aliphatic rings. The summed E-state index contributed by atoms with van der Waals surface area (Å²) < 4.78 is 26.5. The number of sulfonamides is 1. The van der Waals surface area contributed by atoms with E-state index in [-0.39, 0.29) is 27.8 Å². The van der Waals surface area contributed by atoms with Gasteiger partial charge < -0.3 is 0 Å². The fourth-order valence-electron chi connectivity index (χ4n) is 1.72. The van der Waals surface area contributed by atoms with Crippen LogP contribution in [0.1, 0.15) is 11.3 Å². The average molecular weight is 342 g/mol. The lowest BCUT2D eigenvalue weighted by Crippen LogP contribution is -2.24. The molecule has 0 spiro atoms. The second-order valence-electron chi connectivity index (χ2n) is 4.51. The molecule has 9 heteroatoms. The van der Waals surface area contributed by atoms with Crippen LogP contribution in [0.4, 0.5) is 5.69 Å². The lowest BCUT2D eigenvalue weighted by molar-refractivity contribution is -0.385. The Morgan fingerprint density at radius 2 is 1.95 bits per heavy atom. The Hall–Kier alpha value is -2.03. The van der Waals surface area contributed by atoms with Gasteiger partial charge in [0, 0.05) is 12.3 Å². The molecular formula is C13H12ClN3O4S. The van der Waals surface area contributed by atoms with E-state index in [1.165, 1.54) is 18.3 Å². The monoisotopic (exact) mass is 341 g/mol. The van der Waals surface area contributed by atoms with Crippen LogP contribution in [0.15, 0.2) is 41.4 Å². The number of hydrogen-bond acceptors (Lipinski definition) is 5. The number of hydrogen-bond donors (Lipinski definition) is 1. The van der Waals surface area contributed by atoms with E-state index in [1.54, 1.807) is 12.1 Å². The molecule has 2 rings (SSSR count). The van der Waals surface area contributed by atoms with E-state index in [1.807, 2.05) is 6.92 Å². The zero-order valence-electron chi connectivity index (χ0n) is 11.5. The van der Waals surface area contributed by atoms with Gasteiger partial charge in [0.2, 0.25) is 10.0 Å². The minimum atomic E-state index is -3.77. The predicted octanol–water partition coefficient (Wildman–Crippen LogP) is 2.43. The van der Waals surface area contributed by atoms with Crippen molar-refractivity contribution in [2.75, 3.05) is 0 Å². The molecule has 0 radical (unpaired) electrons. The smallest absolute Gasteiger partial charge is 0.258 e. The summed E-state index contributed by atoms with van der Waals surface area (Å²) in [5.74, 6) is 0. The molecule has 1 aromatic heterocycles. The highest BCUT2D eigenvalue weighted by molar-refractivity contribution is 7.89. The van der Waals surface area contributed by atoms with Crippen molar-refractivity contribution in [3.05, 3.63) is 62.9 Å². The molecule has 0 aliphatic heterocycles. The third kappa shape index (κ3) is 3.79. The summed E-state index contributed by atoms with van der Waals surface area (Å²) in [5, 5.41) is 11.0. The maximum atomic E-state index is 12.1. The summed E-state index contributed by atoms with van der Waals surface area (Å²) in [5.41, 5.74) is 0.582. The van der Waals surface area contributed by atoms with E-state index in [9.17, 15) is 18.5 Å². The SMILES string of the molecule is Cc1ccc(S(=O)(=O)NCc2ncc(Cl)cc2[N+](=O)[O-])cc1. The Morgan fingerprint density at radius 1 is 1.32 bits per heavy atom. The first-order chi connectivity index (χ1) is 10.3. The number of rotatable bonds is 5. The standard InChI is InChI=1S/C13H12ClN3O4S/c1-9-2-4-11(5-3-9)22(20,21)16-8-12-13(17(18)19)6-10(14)7-15-12/h2-7,16H,8H2,1H3. The van der Waals surface area contributed by atoms with Crippen molar-refractivity contribution in [3.63, 3.8) is 0 Å². The molecule has 0 aliphatic carbocycles. The lowest BCUT2D eigenvalue weighted by Gasteiger charge is -2.07. The van der Waals surface area contributed by atoms with Crippen molar-refractivity contribution in [1.29, 1.82) is 0 Å².